The molecule has 1 N–H and O–H groups in total. The maximum Gasteiger partial charge on any atom is 0.272 e. The fraction of sp³-hybridized carbons (Fsp3) is 0.400. The fourth-order valence-electron chi connectivity index (χ4n) is 4.08. The number of likely N-dealkylation sites (tertiary alicyclic amines) is 1. The van der Waals surface area contributed by atoms with Crippen LogP contribution in [0.5, 0.6) is 0 Å². The molecule has 1 fully saturated rings. The number of halogens is 2. The number of hydrogen-bond donors (Lipinski definition) is 1. The summed E-state index contributed by atoms with van der Waals surface area (Å²) < 4.78 is 29.2. The Hall–Kier alpha value is -2.32. The minimum atomic E-state index is -0.654. The van der Waals surface area contributed by atoms with Crippen LogP contribution in [0.4, 0.5) is 8.78 Å². The first kappa shape index (κ1) is 19.0. The molecule has 5 nitrogen and oxygen atoms in total. The van der Waals surface area contributed by atoms with Crippen molar-refractivity contribution in [1.82, 2.24) is 14.3 Å². The Morgan fingerprint density at radius 1 is 1.39 bits per heavy atom. The second-order valence-electron chi connectivity index (χ2n) is 7.50. The van der Waals surface area contributed by atoms with Crippen molar-refractivity contribution in [3.8, 4) is 0 Å². The number of thiazole rings is 1. The molecule has 1 saturated heterocycles. The highest BCUT2D eigenvalue weighted by atomic mass is 32.1. The van der Waals surface area contributed by atoms with Gasteiger partial charge in [0.05, 0.1) is 12.3 Å². The minimum absolute atomic E-state index is 0.138. The molecular weight excluding hydrogens is 384 g/mol. The number of imidazole rings is 1. The Morgan fingerprint density at radius 3 is 2.96 bits per heavy atom. The number of rotatable bonds is 4. The third kappa shape index (κ3) is 3.31. The van der Waals surface area contributed by atoms with Gasteiger partial charge in [-0.2, -0.15) is 0 Å². The molecule has 1 aliphatic rings. The molecule has 1 aliphatic heterocycles. The number of amides is 1. The molecule has 1 atom stereocenters. The van der Waals surface area contributed by atoms with Gasteiger partial charge >= 0.3 is 0 Å². The van der Waals surface area contributed by atoms with E-state index in [9.17, 15) is 18.7 Å². The van der Waals surface area contributed by atoms with E-state index in [4.69, 9.17) is 0 Å². The average Bonchev–Trinajstić information content (AvgIpc) is 3.24. The molecule has 0 bridgehead atoms. The molecule has 8 heteroatoms. The van der Waals surface area contributed by atoms with Crippen LogP contribution in [0.3, 0.4) is 0 Å². The van der Waals surface area contributed by atoms with Crippen LogP contribution in [0.1, 0.15) is 34.6 Å². The largest absolute Gasteiger partial charge is 0.396 e. The monoisotopic (exact) mass is 405 g/mol. The predicted molar refractivity (Wildman–Crippen MR) is 103 cm³/mol. The van der Waals surface area contributed by atoms with E-state index in [0.717, 1.165) is 11.0 Å². The van der Waals surface area contributed by atoms with E-state index in [1.807, 2.05) is 18.5 Å². The number of carbonyl (C=O) groups is 1. The summed E-state index contributed by atoms with van der Waals surface area (Å²) in [4.78, 5) is 20.1. The Balaban J connectivity index is 1.61. The molecule has 0 unspecified atom stereocenters. The molecule has 0 radical (unpaired) electrons. The summed E-state index contributed by atoms with van der Waals surface area (Å²) in [6, 6.07) is 3.49. The van der Waals surface area contributed by atoms with Gasteiger partial charge in [-0.1, -0.05) is 6.07 Å². The van der Waals surface area contributed by atoms with Crippen LogP contribution in [0, 0.1) is 24.0 Å². The third-order valence-electron chi connectivity index (χ3n) is 5.50. The summed E-state index contributed by atoms with van der Waals surface area (Å²) in [5.74, 6) is -1.39. The standard InChI is InChI=1S/C20H21F2N3O2S/c1-13-17(25-7-8-28-19(25)23-13)18(27)24-6-2-5-20(11-24,12-26)10-14-3-4-15(21)9-16(14)22/h3-4,7-9,26H,2,5-6,10-12H2,1H3/t20-/m0/s1. The molecule has 4 rings (SSSR count). The number of nitrogens with zero attached hydrogens (tertiary/aromatic N) is 3. The first-order valence-corrected chi connectivity index (χ1v) is 10.1. The highest BCUT2D eigenvalue weighted by Gasteiger charge is 2.38. The highest BCUT2D eigenvalue weighted by Crippen LogP contribution is 2.35. The van der Waals surface area contributed by atoms with E-state index in [1.165, 1.54) is 23.5 Å². The number of benzene rings is 1. The number of hydrogen-bond acceptors (Lipinski definition) is 4. The number of fused-ring (bicyclic) bond motifs is 1. The van der Waals surface area contributed by atoms with E-state index >= 15 is 0 Å². The van der Waals surface area contributed by atoms with Gasteiger partial charge in [0.2, 0.25) is 0 Å². The Kier molecular flexibility index (Phi) is 4.93. The van der Waals surface area contributed by atoms with Crippen molar-refractivity contribution in [3.05, 3.63) is 58.4 Å². The molecule has 28 heavy (non-hydrogen) atoms. The molecule has 1 aromatic carbocycles. The maximum absolute atomic E-state index is 14.2. The quantitative estimate of drug-likeness (QED) is 0.724. The van der Waals surface area contributed by atoms with Crippen molar-refractivity contribution in [2.45, 2.75) is 26.2 Å². The predicted octanol–water partition coefficient (Wildman–Crippen LogP) is 3.44. The van der Waals surface area contributed by atoms with E-state index in [0.29, 0.717) is 42.9 Å². The lowest BCUT2D eigenvalue weighted by Gasteiger charge is -2.42. The smallest absolute Gasteiger partial charge is 0.272 e. The lowest BCUT2D eigenvalue weighted by molar-refractivity contribution is 0.0263. The normalized spacial score (nSPS) is 20.1. The lowest BCUT2D eigenvalue weighted by Crippen LogP contribution is -2.49. The van der Waals surface area contributed by atoms with Crippen molar-refractivity contribution in [3.63, 3.8) is 0 Å². The number of aliphatic hydroxyl groups excluding tert-OH is 1. The molecule has 148 valence electrons. The minimum Gasteiger partial charge on any atom is -0.396 e. The first-order chi connectivity index (χ1) is 13.4. The van der Waals surface area contributed by atoms with Crippen LogP contribution in [0.15, 0.2) is 29.8 Å². The molecule has 0 aliphatic carbocycles. The second-order valence-corrected chi connectivity index (χ2v) is 8.38. The summed E-state index contributed by atoms with van der Waals surface area (Å²) in [7, 11) is 0. The van der Waals surface area contributed by atoms with Gasteiger partial charge in [-0.05, 0) is 37.8 Å². The van der Waals surface area contributed by atoms with Gasteiger partial charge in [-0.3, -0.25) is 9.20 Å². The van der Waals surface area contributed by atoms with Crippen molar-refractivity contribution in [2.24, 2.45) is 5.41 Å². The molecule has 1 amide bonds. The Morgan fingerprint density at radius 2 is 2.21 bits per heavy atom. The highest BCUT2D eigenvalue weighted by molar-refractivity contribution is 7.15. The Labute approximate surface area is 165 Å². The van der Waals surface area contributed by atoms with Gasteiger partial charge in [-0.25, -0.2) is 13.8 Å². The van der Waals surface area contributed by atoms with Crippen LogP contribution in [-0.4, -0.2) is 45.0 Å². The van der Waals surface area contributed by atoms with Crippen LogP contribution >= 0.6 is 11.3 Å². The second kappa shape index (κ2) is 7.25. The van der Waals surface area contributed by atoms with E-state index in [1.54, 1.807) is 9.30 Å². The molecular formula is C20H21F2N3O2S. The number of aromatic nitrogens is 2. The molecule has 3 aromatic rings. The molecule has 0 saturated carbocycles. The topological polar surface area (TPSA) is 57.8 Å². The van der Waals surface area contributed by atoms with E-state index in [2.05, 4.69) is 4.98 Å². The zero-order valence-electron chi connectivity index (χ0n) is 15.5. The van der Waals surface area contributed by atoms with Crippen LogP contribution in [0.2, 0.25) is 0 Å². The number of aryl methyl sites for hydroxylation is 1. The maximum atomic E-state index is 14.2. The van der Waals surface area contributed by atoms with E-state index < -0.39 is 17.0 Å². The number of aliphatic hydroxyl groups is 1. The van der Waals surface area contributed by atoms with Gasteiger partial charge in [-0.15, -0.1) is 11.3 Å². The van der Waals surface area contributed by atoms with Crippen LogP contribution < -0.4 is 0 Å². The number of piperidine rings is 1. The molecule has 2 aromatic heterocycles. The van der Waals surface area contributed by atoms with Gasteiger partial charge < -0.3 is 10.0 Å². The van der Waals surface area contributed by atoms with Crippen molar-refractivity contribution in [2.75, 3.05) is 19.7 Å². The van der Waals surface area contributed by atoms with Crippen molar-refractivity contribution in [1.29, 1.82) is 0 Å². The van der Waals surface area contributed by atoms with Gasteiger partial charge in [0.25, 0.3) is 5.91 Å². The van der Waals surface area contributed by atoms with Crippen LogP contribution in [-0.2, 0) is 6.42 Å². The van der Waals surface area contributed by atoms with Crippen molar-refractivity contribution < 1.29 is 18.7 Å². The van der Waals surface area contributed by atoms with Gasteiger partial charge in [0.1, 0.15) is 17.3 Å². The summed E-state index contributed by atoms with van der Waals surface area (Å²) >= 11 is 1.46. The summed E-state index contributed by atoms with van der Waals surface area (Å²) in [6.07, 6.45) is 3.45. The summed E-state index contributed by atoms with van der Waals surface area (Å²) in [5.41, 5.74) is 0.893. The van der Waals surface area contributed by atoms with Crippen LogP contribution in [0.25, 0.3) is 4.96 Å². The summed E-state index contributed by atoms with van der Waals surface area (Å²) in [5, 5.41) is 12.0. The fourth-order valence-corrected chi connectivity index (χ4v) is 4.84. The summed E-state index contributed by atoms with van der Waals surface area (Å²) in [6.45, 7) is 2.52. The zero-order valence-corrected chi connectivity index (χ0v) is 16.3. The average molecular weight is 405 g/mol. The molecule has 3 heterocycles. The lowest BCUT2D eigenvalue weighted by atomic mass is 9.75. The van der Waals surface area contributed by atoms with Gasteiger partial charge in [0.15, 0.2) is 4.96 Å². The molecule has 0 spiro atoms. The SMILES string of the molecule is Cc1nc2sccn2c1C(=O)N1CCC[C@](CO)(Cc2ccc(F)cc2F)C1. The number of carbonyl (C=O) groups excluding carboxylic acids is 1. The zero-order chi connectivity index (χ0) is 19.9. The van der Waals surface area contributed by atoms with E-state index in [-0.39, 0.29) is 18.9 Å². The van der Waals surface area contributed by atoms with Crippen molar-refractivity contribution >= 4 is 22.2 Å². The third-order valence-corrected chi connectivity index (χ3v) is 6.26. The first-order valence-electron chi connectivity index (χ1n) is 9.19. The van der Waals surface area contributed by atoms with Gasteiger partial charge in [0, 0.05) is 36.1 Å². The Bertz CT molecular complexity index is 1030.